The SMILES string of the molecule is CCC(C)(C#N)n1c(C)cc(=O)cc1C. The minimum absolute atomic E-state index is 0.00218. The summed E-state index contributed by atoms with van der Waals surface area (Å²) in [5.74, 6) is 0. The molecule has 0 aliphatic rings. The Hall–Kier alpha value is -1.56. The second-order valence-electron chi connectivity index (χ2n) is 4.05. The van der Waals surface area contributed by atoms with Gasteiger partial charge in [-0.15, -0.1) is 0 Å². The number of rotatable bonds is 2. The maximum atomic E-state index is 11.3. The summed E-state index contributed by atoms with van der Waals surface area (Å²) in [5, 5.41) is 9.21. The summed E-state index contributed by atoms with van der Waals surface area (Å²) in [6, 6.07) is 5.44. The smallest absolute Gasteiger partial charge is 0.182 e. The second-order valence-corrected chi connectivity index (χ2v) is 4.05. The van der Waals surface area contributed by atoms with Crippen molar-refractivity contribution in [2.24, 2.45) is 0 Å². The van der Waals surface area contributed by atoms with Crippen molar-refractivity contribution in [1.82, 2.24) is 4.57 Å². The van der Waals surface area contributed by atoms with Gasteiger partial charge >= 0.3 is 0 Å². The van der Waals surface area contributed by atoms with Gasteiger partial charge in [-0.25, -0.2) is 0 Å². The van der Waals surface area contributed by atoms with Crippen LogP contribution < -0.4 is 5.43 Å². The highest BCUT2D eigenvalue weighted by atomic mass is 16.1. The summed E-state index contributed by atoms with van der Waals surface area (Å²) in [7, 11) is 0. The quantitative estimate of drug-likeness (QED) is 0.740. The van der Waals surface area contributed by atoms with Crippen LogP contribution in [-0.4, -0.2) is 4.57 Å². The first-order valence-corrected chi connectivity index (χ1v) is 5.06. The molecular formula is C12H16N2O. The van der Waals surface area contributed by atoms with E-state index in [1.807, 2.05) is 32.3 Å². The molecule has 0 aliphatic heterocycles. The number of aromatic nitrogens is 1. The summed E-state index contributed by atoms with van der Waals surface area (Å²) in [5.41, 5.74) is 1.11. The lowest BCUT2D eigenvalue weighted by atomic mass is 9.99. The zero-order valence-electron chi connectivity index (χ0n) is 9.66. The van der Waals surface area contributed by atoms with Gasteiger partial charge in [-0.1, -0.05) is 6.92 Å². The zero-order valence-corrected chi connectivity index (χ0v) is 9.66. The lowest BCUT2D eigenvalue weighted by Crippen LogP contribution is -2.32. The van der Waals surface area contributed by atoms with Crippen molar-refractivity contribution in [3.05, 3.63) is 33.7 Å². The molecule has 1 atom stereocenters. The van der Waals surface area contributed by atoms with E-state index in [-0.39, 0.29) is 5.43 Å². The van der Waals surface area contributed by atoms with E-state index < -0.39 is 5.54 Å². The fourth-order valence-electron chi connectivity index (χ4n) is 1.93. The number of hydrogen-bond donors (Lipinski definition) is 0. The number of nitriles is 1. The topological polar surface area (TPSA) is 45.8 Å². The highest BCUT2D eigenvalue weighted by Gasteiger charge is 2.25. The van der Waals surface area contributed by atoms with Gasteiger partial charge in [0.05, 0.1) is 6.07 Å². The molecule has 0 N–H and O–H groups in total. The fraction of sp³-hybridized carbons (Fsp3) is 0.500. The standard InChI is InChI=1S/C12H16N2O/c1-5-12(4,8-13)14-9(2)6-11(15)7-10(14)3/h6-7H,5H2,1-4H3. The third-order valence-electron chi connectivity index (χ3n) is 2.83. The van der Waals surface area contributed by atoms with Crippen LogP contribution in [0.4, 0.5) is 0 Å². The van der Waals surface area contributed by atoms with Gasteiger partial charge in [-0.3, -0.25) is 4.79 Å². The number of hydrogen-bond acceptors (Lipinski definition) is 2. The summed E-state index contributed by atoms with van der Waals surface area (Å²) in [4.78, 5) is 11.3. The molecule has 0 radical (unpaired) electrons. The van der Waals surface area contributed by atoms with Gasteiger partial charge < -0.3 is 4.57 Å². The Morgan fingerprint density at radius 2 is 1.87 bits per heavy atom. The third-order valence-corrected chi connectivity index (χ3v) is 2.83. The largest absolute Gasteiger partial charge is 0.330 e. The van der Waals surface area contributed by atoms with E-state index in [0.717, 1.165) is 11.4 Å². The third kappa shape index (κ3) is 1.94. The number of aryl methyl sites for hydroxylation is 2. The Balaban J connectivity index is 3.52. The van der Waals surface area contributed by atoms with Crippen LogP contribution in [0, 0.1) is 25.2 Å². The Morgan fingerprint density at radius 1 is 1.40 bits per heavy atom. The molecule has 15 heavy (non-hydrogen) atoms. The molecule has 1 heterocycles. The zero-order chi connectivity index (χ0) is 11.6. The molecule has 1 aromatic rings. The van der Waals surface area contributed by atoms with E-state index in [0.29, 0.717) is 6.42 Å². The van der Waals surface area contributed by atoms with Gasteiger partial charge in [0.25, 0.3) is 0 Å². The van der Waals surface area contributed by atoms with Crippen molar-refractivity contribution in [2.75, 3.05) is 0 Å². The average molecular weight is 204 g/mol. The van der Waals surface area contributed by atoms with Crippen LogP contribution >= 0.6 is 0 Å². The highest BCUT2D eigenvalue weighted by Crippen LogP contribution is 2.22. The minimum atomic E-state index is -0.568. The van der Waals surface area contributed by atoms with Crippen LogP contribution in [0.15, 0.2) is 16.9 Å². The molecule has 3 nitrogen and oxygen atoms in total. The lowest BCUT2D eigenvalue weighted by molar-refractivity contribution is 0.389. The average Bonchev–Trinajstić information content (AvgIpc) is 2.15. The van der Waals surface area contributed by atoms with Crippen LogP contribution in [0.5, 0.6) is 0 Å². The molecule has 1 rings (SSSR count). The molecule has 1 aromatic heterocycles. The molecule has 0 amide bonds. The molecule has 0 aliphatic carbocycles. The predicted octanol–water partition coefficient (Wildman–Crippen LogP) is 2.11. The highest BCUT2D eigenvalue weighted by molar-refractivity contribution is 5.19. The predicted molar refractivity (Wildman–Crippen MR) is 59.7 cm³/mol. The van der Waals surface area contributed by atoms with Crippen LogP contribution in [0.3, 0.4) is 0 Å². The van der Waals surface area contributed by atoms with Gasteiger partial charge in [0.1, 0.15) is 5.54 Å². The van der Waals surface area contributed by atoms with Crippen molar-refractivity contribution in [1.29, 1.82) is 5.26 Å². The Kier molecular flexibility index (Phi) is 2.99. The number of pyridine rings is 1. The summed E-state index contributed by atoms with van der Waals surface area (Å²) in [6.45, 7) is 7.58. The van der Waals surface area contributed by atoms with Gasteiger partial charge in [0.15, 0.2) is 5.43 Å². The van der Waals surface area contributed by atoms with Gasteiger partial charge in [0.2, 0.25) is 0 Å². The molecule has 0 bridgehead atoms. The fourth-order valence-corrected chi connectivity index (χ4v) is 1.93. The van der Waals surface area contributed by atoms with E-state index in [1.165, 1.54) is 0 Å². The molecule has 0 saturated heterocycles. The van der Waals surface area contributed by atoms with Crippen molar-refractivity contribution < 1.29 is 0 Å². The molecule has 0 spiro atoms. The minimum Gasteiger partial charge on any atom is -0.330 e. The van der Waals surface area contributed by atoms with Crippen LogP contribution in [0.2, 0.25) is 0 Å². The first-order valence-electron chi connectivity index (χ1n) is 5.06. The Bertz CT molecular complexity index is 441. The molecule has 1 unspecified atom stereocenters. The van der Waals surface area contributed by atoms with E-state index in [2.05, 4.69) is 6.07 Å². The van der Waals surface area contributed by atoms with Crippen LogP contribution in [0.1, 0.15) is 31.7 Å². The molecule has 0 aromatic carbocycles. The van der Waals surface area contributed by atoms with Gasteiger partial charge in [-0.05, 0) is 27.2 Å². The summed E-state index contributed by atoms with van der Waals surface area (Å²) < 4.78 is 1.92. The Labute approximate surface area is 90.0 Å². The van der Waals surface area contributed by atoms with Crippen molar-refractivity contribution >= 4 is 0 Å². The van der Waals surface area contributed by atoms with E-state index in [4.69, 9.17) is 0 Å². The van der Waals surface area contributed by atoms with E-state index >= 15 is 0 Å². The number of nitrogens with zero attached hydrogens (tertiary/aromatic N) is 2. The molecular weight excluding hydrogens is 188 g/mol. The van der Waals surface area contributed by atoms with Gasteiger partial charge in [-0.2, -0.15) is 5.26 Å². The normalized spacial score (nSPS) is 14.3. The summed E-state index contributed by atoms with van der Waals surface area (Å²) in [6.07, 6.45) is 0.716. The maximum absolute atomic E-state index is 11.3. The second kappa shape index (κ2) is 3.90. The van der Waals surface area contributed by atoms with Crippen LogP contribution in [0.25, 0.3) is 0 Å². The molecule has 0 saturated carbocycles. The van der Waals surface area contributed by atoms with Crippen molar-refractivity contribution in [2.45, 2.75) is 39.7 Å². The molecule has 0 fully saturated rings. The molecule has 80 valence electrons. The van der Waals surface area contributed by atoms with E-state index in [9.17, 15) is 10.1 Å². The van der Waals surface area contributed by atoms with Gasteiger partial charge in [0, 0.05) is 23.5 Å². The lowest BCUT2D eigenvalue weighted by Gasteiger charge is -2.28. The first-order chi connectivity index (χ1) is 6.94. The van der Waals surface area contributed by atoms with E-state index in [1.54, 1.807) is 12.1 Å². The van der Waals surface area contributed by atoms with Crippen molar-refractivity contribution in [3.63, 3.8) is 0 Å². The molecule has 3 heteroatoms. The Morgan fingerprint density at radius 3 is 2.20 bits per heavy atom. The maximum Gasteiger partial charge on any atom is 0.182 e. The van der Waals surface area contributed by atoms with Crippen molar-refractivity contribution in [3.8, 4) is 6.07 Å². The summed E-state index contributed by atoms with van der Waals surface area (Å²) >= 11 is 0. The monoisotopic (exact) mass is 204 g/mol. The first kappa shape index (κ1) is 11.5. The van der Waals surface area contributed by atoms with Crippen LogP contribution in [-0.2, 0) is 5.54 Å².